The van der Waals surface area contributed by atoms with Crippen molar-refractivity contribution >= 4 is 5.91 Å². The third-order valence-electron chi connectivity index (χ3n) is 3.09. The number of ether oxygens (including phenoxy) is 1. The van der Waals surface area contributed by atoms with E-state index in [2.05, 4.69) is 5.32 Å². The molecular formula is C17H21NO4. The highest BCUT2D eigenvalue weighted by atomic mass is 16.5. The van der Waals surface area contributed by atoms with Crippen LogP contribution in [-0.4, -0.2) is 23.7 Å². The Bertz CT molecular complexity index is 592. The molecule has 5 heteroatoms. The summed E-state index contributed by atoms with van der Waals surface area (Å²) in [4.78, 5) is 12.2. The Balaban J connectivity index is 2.03. The number of para-hydroxylation sites is 1. The zero-order valence-corrected chi connectivity index (χ0v) is 12.8. The highest BCUT2D eigenvalue weighted by Gasteiger charge is 2.17. The first kappa shape index (κ1) is 16.1. The predicted molar refractivity (Wildman–Crippen MR) is 82.6 cm³/mol. The molecule has 2 N–H and O–H groups in total. The Morgan fingerprint density at radius 3 is 2.68 bits per heavy atom. The van der Waals surface area contributed by atoms with Crippen molar-refractivity contribution in [1.29, 1.82) is 0 Å². The molecular weight excluding hydrogens is 282 g/mol. The molecule has 22 heavy (non-hydrogen) atoms. The van der Waals surface area contributed by atoms with Crippen LogP contribution < -0.4 is 10.1 Å². The van der Waals surface area contributed by atoms with E-state index in [-0.39, 0.29) is 25.0 Å². The monoisotopic (exact) mass is 303 g/mol. The Morgan fingerprint density at radius 2 is 2.05 bits per heavy atom. The maximum Gasteiger partial charge on any atom is 0.225 e. The second-order valence-electron chi connectivity index (χ2n) is 5.27. The molecule has 1 aromatic heterocycles. The van der Waals surface area contributed by atoms with Crippen LogP contribution in [0.2, 0.25) is 0 Å². The Labute approximate surface area is 129 Å². The molecule has 0 saturated heterocycles. The second-order valence-corrected chi connectivity index (χ2v) is 5.27. The number of hydrogen-bond acceptors (Lipinski definition) is 4. The number of carbonyl (C=O) groups excluding carboxylic acids is 1. The average Bonchev–Trinajstić information content (AvgIpc) is 3.00. The third kappa shape index (κ3) is 4.36. The van der Waals surface area contributed by atoms with Crippen LogP contribution in [0.5, 0.6) is 5.75 Å². The summed E-state index contributed by atoms with van der Waals surface area (Å²) in [6.45, 7) is 3.66. The van der Waals surface area contributed by atoms with Gasteiger partial charge in [0.25, 0.3) is 0 Å². The molecule has 0 fully saturated rings. The van der Waals surface area contributed by atoms with Crippen molar-refractivity contribution in [1.82, 2.24) is 5.32 Å². The molecule has 0 saturated carbocycles. The molecule has 0 bridgehead atoms. The number of furan rings is 1. The van der Waals surface area contributed by atoms with Crippen LogP contribution in [0.4, 0.5) is 0 Å². The summed E-state index contributed by atoms with van der Waals surface area (Å²) in [5.74, 6) is 1.03. The van der Waals surface area contributed by atoms with Gasteiger partial charge in [-0.3, -0.25) is 4.79 Å². The molecule has 0 aliphatic carbocycles. The first-order chi connectivity index (χ1) is 10.6. The minimum atomic E-state index is -0.541. The summed E-state index contributed by atoms with van der Waals surface area (Å²) in [6, 6.07) is 10.3. The SMILES string of the molecule is CC(C)Oc1ccccc1CC(=O)NC(CO)c1ccco1. The number of hydrogen-bond donors (Lipinski definition) is 2. The quantitative estimate of drug-likeness (QED) is 0.824. The topological polar surface area (TPSA) is 71.7 Å². The van der Waals surface area contributed by atoms with Crippen molar-refractivity contribution in [3.63, 3.8) is 0 Å². The fourth-order valence-corrected chi connectivity index (χ4v) is 2.13. The molecule has 1 aromatic carbocycles. The van der Waals surface area contributed by atoms with Crippen molar-refractivity contribution in [3.05, 3.63) is 54.0 Å². The van der Waals surface area contributed by atoms with Crippen molar-refractivity contribution in [3.8, 4) is 5.75 Å². The standard InChI is InChI=1S/C17H21NO4/c1-12(2)22-15-7-4-3-6-13(15)10-17(20)18-14(11-19)16-8-5-9-21-16/h3-9,12,14,19H,10-11H2,1-2H3,(H,18,20). The van der Waals surface area contributed by atoms with Gasteiger partial charge in [0, 0.05) is 5.56 Å². The van der Waals surface area contributed by atoms with E-state index < -0.39 is 6.04 Å². The van der Waals surface area contributed by atoms with Gasteiger partial charge in [-0.05, 0) is 32.0 Å². The van der Waals surface area contributed by atoms with Gasteiger partial charge in [0.05, 0.1) is 25.4 Å². The molecule has 0 spiro atoms. The number of benzene rings is 1. The number of carbonyl (C=O) groups is 1. The van der Waals surface area contributed by atoms with Gasteiger partial charge in [-0.1, -0.05) is 18.2 Å². The molecule has 0 aliphatic rings. The number of aliphatic hydroxyl groups excluding tert-OH is 1. The zero-order valence-electron chi connectivity index (χ0n) is 12.8. The van der Waals surface area contributed by atoms with Gasteiger partial charge < -0.3 is 19.6 Å². The number of aliphatic hydroxyl groups is 1. The van der Waals surface area contributed by atoms with Crippen LogP contribution in [0.3, 0.4) is 0 Å². The van der Waals surface area contributed by atoms with Crippen molar-refractivity contribution in [2.45, 2.75) is 32.4 Å². The van der Waals surface area contributed by atoms with Crippen molar-refractivity contribution < 1.29 is 19.1 Å². The van der Waals surface area contributed by atoms with E-state index in [1.807, 2.05) is 38.1 Å². The molecule has 0 aliphatic heterocycles. The lowest BCUT2D eigenvalue weighted by Gasteiger charge is -2.16. The number of rotatable bonds is 7. The van der Waals surface area contributed by atoms with E-state index >= 15 is 0 Å². The smallest absolute Gasteiger partial charge is 0.225 e. The van der Waals surface area contributed by atoms with Gasteiger partial charge in [-0.2, -0.15) is 0 Å². The minimum absolute atomic E-state index is 0.0394. The lowest BCUT2D eigenvalue weighted by molar-refractivity contribution is -0.121. The molecule has 0 radical (unpaired) electrons. The lowest BCUT2D eigenvalue weighted by Crippen LogP contribution is -2.31. The van der Waals surface area contributed by atoms with E-state index in [9.17, 15) is 9.90 Å². The molecule has 118 valence electrons. The first-order valence-electron chi connectivity index (χ1n) is 7.28. The van der Waals surface area contributed by atoms with E-state index in [1.165, 1.54) is 6.26 Å². The Morgan fingerprint density at radius 1 is 1.27 bits per heavy atom. The normalized spacial score (nSPS) is 12.2. The molecule has 5 nitrogen and oxygen atoms in total. The summed E-state index contributed by atoms with van der Waals surface area (Å²) in [5, 5.41) is 12.1. The Kier molecular flexibility index (Phi) is 5.61. The van der Waals surface area contributed by atoms with Crippen LogP contribution >= 0.6 is 0 Å². The number of nitrogens with one attached hydrogen (secondary N) is 1. The molecule has 2 aromatic rings. The molecule has 2 rings (SSSR count). The fraction of sp³-hybridized carbons (Fsp3) is 0.353. The van der Waals surface area contributed by atoms with Crippen LogP contribution in [0.1, 0.15) is 31.2 Å². The summed E-state index contributed by atoms with van der Waals surface area (Å²) in [6.07, 6.45) is 1.73. The molecule has 1 heterocycles. The maximum atomic E-state index is 12.2. The van der Waals surface area contributed by atoms with Crippen molar-refractivity contribution in [2.24, 2.45) is 0 Å². The van der Waals surface area contributed by atoms with E-state index in [0.29, 0.717) is 11.5 Å². The minimum Gasteiger partial charge on any atom is -0.491 e. The van der Waals surface area contributed by atoms with Gasteiger partial charge in [0.1, 0.15) is 17.6 Å². The molecule has 1 amide bonds. The van der Waals surface area contributed by atoms with Crippen LogP contribution in [0, 0.1) is 0 Å². The first-order valence-corrected chi connectivity index (χ1v) is 7.28. The van der Waals surface area contributed by atoms with Gasteiger partial charge >= 0.3 is 0 Å². The van der Waals surface area contributed by atoms with Gasteiger partial charge in [0.15, 0.2) is 0 Å². The van der Waals surface area contributed by atoms with E-state index in [4.69, 9.17) is 9.15 Å². The number of amides is 1. The zero-order chi connectivity index (χ0) is 15.9. The third-order valence-corrected chi connectivity index (χ3v) is 3.09. The highest BCUT2D eigenvalue weighted by molar-refractivity contribution is 5.79. The van der Waals surface area contributed by atoms with Gasteiger partial charge in [0.2, 0.25) is 5.91 Å². The van der Waals surface area contributed by atoms with Gasteiger partial charge in [-0.15, -0.1) is 0 Å². The van der Waals surface area contributed by atoms with E-state index in [0.717, 1.165) is 5.56 Å². The Hall–Kier alpha value is -2.27. The largest absolute Gasteiger partial charge is 0.491 e. The van der Waals surface area contributed by atoms with Crippen LogP contribution in [-0.2, 0) is 11.2 Å². The second kappa shape index (κ2) is 7.66. The summed E-state index contributed by atoms with van der Waals surface area (Å²) < 4.78 is 10.9. The molecule has 1 unspecified atom stereocenters. The highest BCUT2D eigenvalue weighted by Crippen LogP contribution is 2.20. The summed E-state index contributed by atoms with van der Waals surface area (Å²) in [5.41, 5.74) is 0.810. The van der Waals surface area contributed by atoms with Crippen LogP contribution in [0.15, 0.2) is 47.1 Å². The summed E-state index contributed by atoms with van der Waals surface area (Å²) >= 11 is 0. The van der Waals surface area contributed by atoms with Gasteiger partial charge in [-0.25, -0.2) is 0 Å². The molecule has 1 atom stereocenters. The fourth-order valence-electron chi connectivity index (χ4n) is 2.13. The lowest BCUT2D eigenvalue weighted by atomic mass is 10.1. The summed E-state index contributed by atoms with van der Waals surface area (Å²) in [7, 11) is 0. The van der Waals surface area contributed by atoms with Crippen molar-refractivity contribution in [2.75, 3.05) is 6.61 Å². The predicted octanol–water partition coefficient (Wildman–Crippen LogP) is 2.46. The average molecular weight is 303 g/mol. The maximum absolute atomic E-state index is 12.2. The van der Waals surface area contributed by atoms with Crippen LogP contribution in [0.25, 0.3) is 0 Å². The van der Waals surface area contributed by atoms with E-state index in [1.54, 1.807) is 12.1 Å².